The Hall–Kier alpha value is -2.06. The van der Waals surface area contributed by atoms with Crippen LogP contribution in [0.4, 0.5) is 0 Å². The van der Waals surface area contributed by atoms with Gasteiger partial charge >= 0.3 is 0 Å². The van der Waals surface area contributed by atoms with Crippen LogP contribution >= 0.6 is 0 Å². The standard InChI is InChI=1S/C13H11NO.C3H8/c1-11(15)4-5-13-8-6-12(7-9-13)3-2-10-14;1-3-2/h6-9H,4-5H2,1H3;3H2,1-2H3. The molecule has 0 aliphatic rings. The number of benzene rings is 1. The van der Waals surface area contributed by atoms with Crippen LogP contribution in [0.3, 0.4) is 0 Å². The summed E-state index contributed by atoms with van der Waals surface area (Å²) in [5, 5.41) is 8.27. The molecule has 0 spiro atoms. The molecule has 0 unspecified atom stereocenters. The SMILES string of the molecule is CC(=O)CCc1ccc(C#CC#N)cc1.CCC. The summed E-state index contributed by atoms with van der Waals surface area (Å²) in [5.74, 6) is 5.24. The van der Waals surface area contributed by atoms with Gasteiger partial charge in [-0.15, -0.1) is 0 Å². The minimum Gasteiger partial charge on any atom is -0.300 e. The predicted octanol–water partition coefficient (Wildman–Crippen LogP) is 3.50. The molecule has 0 aliphatic heterocycles. The molecule has 2 nitrogen and oxygen atoms in total. The minimum absolute atomic E-state index is 0.198. The number of ketones is 1. The third-order valence-corrected chi connectivity index (χ3v) is 1.98. The first-order valence-electron chi connectivity index (χ1n) is 6.12. The van der Waals surface area contributed by atoms with E-state index in [1.807, 2.05) is 24.3 Å². The van der Waals surface area contributed by atoms with Crippen molar-refractivity contribution in [3.63, 3.8) is 0 Å². The van der Waals surface area contributed by atoms with Crippen LogP contribution in [0.25, 0.3) is 0 Å². The quantitative estimate of drug-likeness (QED) is 0.760. The molecule has 2 heteroatoms. The Balaban J connectivity index is 0.000000873. The van der Waals surface area contributed by atoms with E-state index in [1.165, 1.54) is 6.42 Å². The highest BCUT2D eigenvalue weighted by Crippen LogP contribution is 2.06. The number of hydrogen-bond donors (Lipinski definition) is 0. The number of hydrogen-bond acceptors (Lipinski definition) is 2. The summed E-state index contributed by atoms with van der Waals surface area (Å²) in [4.78, 5) is 10.8. The summed E-state index contributed by atoms with van der Waals surface area (Å²) in [5.41, 5.74) is 1.94. The van der Waals surface area contributed by atoms with Gasteiger partial charge in [-0.05, 0) is 31.0 Å². The van der Waals surface area contributed by atoms with E-state index in [9.17, 15) is 4.79 Å². The molecule has 18 heavy (non-hydrogen) atoms. The lowest BCUT2D eigenvalue weighted by molar-refractivity contribution is -0.116. The van der Waals surface area contributed by atoms with E-state index < -0.39 is 0 Å². The Labute approximate surface area is 110 Å². The molecular formula is C16H19NO. The highest BCUT2D eigenvalue weighted by molar-refractivity contribution is 5.75. The maximum absolute atomic E-state index is 10.8. The molecule has 0 atom stereocenters. The molecule has 0 amide bonds. The monoisotopic (exact) mass is 241 g/mol. The number of carbonyl (C=O) groups excluding carboxylic acids is 1. The van der Waals surface area contributed by atoms with Gasteiger partial charge in [-0.1, -0.05) is 38.3 Å². The Morgan fingerprint density at radius 3 is 2.22 bits per heavy atom. The first-order chi connectivity index (χ1) is 8.63. The van der Waals surface area contributed by atoms with Gasteiger partial charge in [0.05, 0.1) is 0 Å². The van der Waals surface area contributed by atoms with Crippen molar-refractivity contribution in [1.29, 1.82) is 5.26 Å². The van der Waals surface area contributed by atoms with Crippen molar-refractivity contribution >= 4 is 5.78 Å². The Bertz CT molecular complexity index is 455. The van der Waals surface area contributed by atoms with Gasteiger partial charge in [-0.3, -0.25) is 0 Å². The average molecular weight is 241 g/mol. The fourth-order valence-corrected chi connectivity index (χ4v) is 1.18. The van der Waals surface area contributed by atoms with Gasteiger partial charge in [0, 0.05) is 17.9 Å². The van der Waals surface area contributed by atoms with E-state index >= 15 is 0 Å². The Morgan fingerprint density at radius 2 is 1.78 bits per heavy atom. The highest BCUT2D eigenvalue weighted by Gasteiger charge is 1.96. The molecule has 94 valence electrons. The zero-order valence-corrected chi connectivity index (χ0v) is 11.3. The summed E-state index contributed by atoms with van der Waals surface area (Å²) in [6.45, 7) is 5.84. The van der Waals surface area contributed by atoms with Crippen LogP contribution in [0.2, 0.25) is 0 Å². The number of Topliss-reactive ketones (excluding diaryl/α,β-unsaturated/α-hetero) is 1. The molecular weight excluding hydrogens is 222 g/mol. The fraction of sp³-hybridized carbons (Fsp3) is 0.375. The molecule has 1 aromatic rings. The van der Waals surface area contributed by atoms with E-state index in [4.69, 9.17) is 5.26 Å². The van der Waals surface area contributed by atoms with E-state index in [-0.39, 0.29) is 5.78 Å². The molecule has 0 bridgehead atoms. The second kappa shape index (κ2) is 10.1. The van der Waals surface area contributed by atoms with E-state index in [0.717, 1.165) is 17.5 Å². The zero-order valence-electron chi connectivity index (χ0n) is 11.3. The van der Waals surface area contributed by atoms with Gasteiger partial charge in [0.25, 0.3) is 0 Å². The second-order valence-corrected chi connectivity index (χ2v) is 3.97. The first kappa shape index (κ1) is 15.9. The summed E-state index contributed by atoms with van der Waals surface area (Å²) in [6, 6.07) is 9.36. The van der Waals surface area contributed by atoms with Crippen molar-refractivity contribution in [2.45, 2.75) is 40.0 Å². The number of carbonyl (C=O) groups is 1. The van der Waals surface area contributed by atoms with Crippen LogP contribution in [0.15, 0.2) is 24.3 Å². The second-order valence-electron chi connectivity index (χ2n) is 3.97. The average Bonchev–Trinajstić information content (AvgIpc) is 2.36. The number of aryl methyl sites for hydroxylation is 1. The van der Waals surface area contributed by atoms with Gasteiger partial charge in [-0.25, -0.2) is 0 Å². The van der Waals surface area contributed by atoms with E-state index in [2.05, 4.69) is 25.7 Å². The molecule has 0 N–H and O–H groups in total. The van der Waals surface area contributed by atoms with Crippen molar-refractivity contribution in [2.75, 3.05) is 0 Å². The largest absolute Gasteiger partial charge is 0.300 e. The maximum atomic E-state index is 10.8. The number of rotatable bonds is 3. The van der Waals surface area contributed by atoms with Gasteiger partial charge < -0.3 is 4.79 Å². The third-order valence-electron chi connectivity index (χ3n) is 1.98. The summed E-state index contributed by atoms with van der Waals surface area (Å²) >= 11 is 0. The summed E-state index contributed by atoms with van der Waals surface area (Å²) < 4.78 is 0. The number of nitrogens with zero attached hydrogens (tertiary/aromatic N) is 1. The van der Waals surface area contributed by atoms with Crippen LogP contribution in [-0.4, -0.2) is 5.78 Å². The minimum atomic E-state index is 0.198. The van der Waals surface area contributed by atoms with Crippen molar-refractivity contribution in [1.82, 2.24) is 0 Å². The van der Waals surface area contributed by atoms with Crippen LogP contribution in [0, 0.1) is 23.2 Å². The van der Waals surface area contributed by atoms with Crippen LogP contribution in [0.5, 0.6) is 0 Å². The van der Waals surface area contributed by atoms with Crippen molar-refractivity contribution in [2.24, 2.45) is 0 Å². The van der Waals surface area contributed by atoms with Gasteiger partial charge in [0.1, 0.15) is 5.78 Å². The number of nitriles is 1. The molecule has 0 heterocycles. The predicted molar refractivity (Wildman–Crippen MR) is 73.9 cm³/mol. The molecule has 0 radical (unpaired) electrons. The smallest absolute Gasteiger partial charge is 0.152 e. The third kappa shape index (κ3) is 8.13. The summed E-state index contributed by atoms with van der Waals surface area (Å²) in [7, 11) is 0. The van der Waals surface area contributed by atoms with Crippen molar-refractivity contribution in [3.8, 4) is 17.9 Å². The molecule has 1 aromatic carbocycles. The lowest BCUT2D eigenvalue weighted by Gasteiger charge is -1.98. The first-order valence-corrected chi connectivity index (χ1v) is 6.12. The van der Waals surface area contributed by atoms with Crippen molar-refractivity contribution in [3.05, 3.63) is 35.4 Å². The van der Waals surface area contributed by atoms with Crippen molar-refractivity contribution < 1.29 is 4.79 Å². The fourth-order valence-electron chi connectivity index (χ4n) is 1.18. The lowest BCUT2D eigenvalue weighted by atomic mass is 10.1. The summed E-state index contributed by atoms with van der Waals surface area (Å²) in [6.07, 6.45) is 2.59. The van der Waals surface area contributed by atoms with Gasteiger partial charge in [-0.2, -0.15) is 5.26 Å². The van der Waals surface area contributed by atoms with E-state index in [0.29, 0.717) is 6.42 Å². The molecule has 0 aliphatic carbocycles. The molecule has 0 fully saturated rings. The Kier molecular flexibility index (Phi) is 8.96. The lowest BCUT2D eigenvalue weighted by Crippen LogP contribution is -1.93. The van der Waals surface area contributed by atoms with Gasteiger partial charge in [0.2, 0.25) is 0 Å². The normalized spacial score (nSPS) is 8.11. The molecule has 0 saturated carbocycles. The molecule has 1 rings (SSSR count). The topological polar surface area (TPSA) is 40.9 Å². The maximum Gasteiger partial charge on any atom is 0.152 e. The van der Waals surface area contributed by atoms with Crippen LogP contribution in [0.1, 0.15) is 44.7 Å². The highest BCUT2D eigenvalue weighted by atomic mass is 16.1. The Morgan fingerprint density at radius 1 is 1.22 bits per heavy atom. The zero-order chi connectivity index (χ0) is 13.8. The van der Waals surface area contributed by atoms with Crippen LogP contribution in [-0.2, 0) is 11.2 Å². The van der Waals surface area contributed by atoms with E-state index in [1.54, 1.807) is 13.0 Å². The van der Waals surface area contributed by atoms with Crippen LogP contribution < -0.4 is 0 Å². The van der Waals surface area contributed by atoms with Gasteiger partial charge in [0.15, 0.2) is 6.07 Å². The molecule has 0 saturated heterocycles. The molecule has 0 aromatic heterocycles.